The van der Waals surface area contributed by atoms with Crippen molar-refractivity contribution in [1.29, 1.82) is 0 Å². The van der Waals surface area contributed by atoms with E-state index in [1.54, 1.807) is 24.3 Å². The molecule has 1 aromatic heterocycles. The standard InChI is InChI=1S/C17H10BrNO4.K/c18-10-2-3-13-11(6-10)12(17(20)21)7-14(19-13)9-1-4-15-16(5-9)23-8-22-15;/h1-7H,8H2,(H,20,21);/q;+1/p-1. The number of benzene rings is 2. The van der Waals surface area contributed by atoms with E-state index in [1.165, 1.54) is 6.07 Å². The molecule has 0 unspecified atom stereocenters. The van der Waals surface area contributed by atoms with Crippen LogP contribution in [0.3, 0.4) is 0 Å². The molecule has 0 fully saturated rings. The van der Waals surface area contributed by atoms with E-state index in [2.05, 4.69) is 20.9 Å². The van der Waals surface area contributed by atoms with Gasteiger partial charge in [-0.05, 0) is 42.5 Å². The van der Waals surface area contributed by atoms with Crippen molar-refractivity contribution in [3.05, 3.63) is 52.5 Å². The summed E-state index contributed by atoms with van der Waals surface area (Å²) in [5, 5.41) is 12.0. The molecule has 1 aliphatic rings. The van der Waals surface area contributed by atoms with Gasteiger partial charge in [0, 0.05) is 21.0 Å². The first kappa shape index (κ1) is 17.8. The largest absolute Gasteiger partial charge is 1.00 e. The molecule has 0 atom stereocenters. The predicted molar refractivity (Wildman–Crippen MR) is 85.3 cm³/mol. The van der Waals surface area contributed by atoms with Crippen molar-refractivity contribution in [3.63, 3.8) is 0 Å². The zero-order valence-electron chi connectivity index (χ0n) is 12.7. The maximum Gasteiger partial charge on any atom is 1.00 e. The van der Waals surface area contributed by atoms with Crippen molar-refractivity contribution in [3.8, 4) is 22.8 Å². The first-order chi connectivity index (χ1) is 11.1. The Labute approximate surface area is 188 Å². The summed E-state index contributed by atoms with van der Waals surface area (Å²) in [4.78, 5) is 16.0. The van der Waals surface area contributed by atoms with Gasteiger partial charge >= 0.3 is 51.4 Å². The monoisotopic (exact) mass is 409 g/mol. The van der Waals surface area contributed by atoms with E-state index in [0.717, 1.165) is 10.0 Å². The van der Waals surface area contributed by atoms with E-state index in [1.807, 2.05) is 12.1 Å². The van der Waals surface area contributed by atoms with Crippen LogP contribution in [0.5, 0.6) is 11.5 Å². The van der Waals surface area contributed by atoms with Gasteiger partial charge in [-0.3, -0.25) is 0 Å². The molecule has 0 N–H and O–H groups in total. The number of nitrogens with zero attached hydrogens (tertiary/aromatic N) is 1. The van der Waals surface area contributed by atoms with Gasteiger partial charge in [0.05, 0.1) is 17.2 Å². The van der Waals surface area contributed by atoms with Gasteiger partial charge < -0.3 is 19.4 Å². The van der Waals surface area contributed by atoms with Gasteiger partial charge in [-0.25, -0.2) is 4.98 Å². The maximum absolute atomic E-state index is 11.5. The topological polar surface area (TPSA) is 71.5 Å². The molecule has 114 valence electrons. The van der Waals surface area contributed by atoms with E-state index in [4.69, 9.17) is 9.47 Å². The minimum Gasteiger partial charge on any atom is -0.545 e. The first-order valence-corrected chi connectivity index (χ1v) is 7.63. The van der Waals surface area contributed by atoms with Crippen molar-refractivity contribution in [1.82, 2.24) is 4.98 Å². The molecule has 4 rings (SSSR count). The number of aromatic nitrogens is 1. The number of carbonyl (C=O) groups excluding carboxylic acids is 1. The third-order valence-electron chi connectivity index (χ3n) is 3.66. The Hall–Kier alpha value is -0.964. The Balaban J connectivity index is 0.00000169. The van der Waals surface area contributed by atoms with Gasteiger partial charge in [0.1, 0.15) is 0 Å². The number of rotatable bonds is 2. The normalized spacial score (nSPS) is 12.0. The zero-order valence-corrected chi connectivity index (χ0v) is 17.4. The Bertz CT molecular complexity index is 961. The average Bonchev–Trinajstić information content (AvgIpc) is 3.01. The number of carboxylic acids is 1. The minimum absolute atomic E-state index is 0. The molecule has 1 aliphatic heterocycles. The van der Waals surface area contributed by atoms with Crippen LogP contribution in [0.4, 0.5) is 0 Å². The molecule has 0 radical (unpaired) electrons. The van der Waals surface area contributed by atoms with Crippen molar-refractivity contribution in [2.24, 2.45) is 0 Å². The number of ether oxygens (including phenoxy) is 2. The molecular weight excluding hydrogens is 401 g/mol. The van der Waals surface area contributed by atoms with Crippen LogP contribution in [-0.2, 0) is 0 Å². The summed E-state index contributed by atoms with van der Waals surface area (Å²) in [6, 6.07) is 12.2. The van der Waals surface area contributed by atoms with Gasteiger partial charge in [-0.15, -0.1) is 0 Å². The van der Waals surface area contributed by atoms with E-state index in [0.29, 0.717) is 28.1 Å². The summed E-state index contributed by atoms with van der Waals surface area (Å²) in [5.74, 6) is 0.0475. The van der Waals surface area contributed by atoms with E-state index < -0.39 is 5.97 Å². The van der Waals surface area contributed by atoms with Crippen LogP contribution in [0.15, 0.2) is 46.9 Å². The van der Waals surface area contributed by atoms with Crippen LogP contribution in [0.1, 0.15) is 10.4 Å². The molecule has 0 saturated carbocycles. The van der Waals surface area contributed by atoms with Crippen molar-refractivity contribution in [2.75, 3.05) is 6.79 Å². The maximum atomic E-state index is 11.5. The number of halogens is 1. The second-order valence-corrected chi connectivity index (χ2v) is 5.99. The number of aromatic carboxylic acids is 1. The number of hydrogen-bond acceptors (Lipinski definition) is 5. The predicted octanol–water partition coefficient (Wildman–Crippen LogP) is -0.240. The molecular formula is C17H9BrKNO4. The first-order valence-electron chi connectivity index (χ1n) is 6.83. The molecule has 0 aliphatic carbocycles. The van der Waals surface area contributed by atoms with Crippen LogP contribution in [0, 0.1) is 0 Å². The Morgan fingerprint density at radius 2 is 1.88 bits per heavy atom. The fraction of sp³-hybridized carbons (Fsp3) is 0.0588. The summed E-state index contributed by atoms with van der Waals surface area (Å²) in [7, 11) is 0. The molecule has 0 spiro atoms. The third kappa shape index (κ3) is 3.24. The van der Waals surface area contributed by atoms with E-state index in [9.17, 15) is 9.90 Å². The molecule has 0 amide bonds. The van der Waals surface area contributed by atoms with E-state index >= 15 is 0 Å². The summed E-state index contributed by atoms with van der Waals surface area (Å²) in [6.45, 7) is 0.183. The van der Waals surface area contributed by atoms with Crippen LogP contribution in [0.25, 0.3) is 22.2 Å². The van der Waals surface area contributed by atoms with Crippen molar-refractivity contribution < 1.29 is 70.8 Å². The summed E-state index contributed by atoms with van der Waals surface area (Å²) in [5.41, 5.74) is 1.98. The Morgan fingerprint density at radius 3 is 2.67 bits per heavy atom. The fourth-order valence-electron chi connectivity index (χ4n) is 2.57. The zero-order chi connectivity index (χ0) is 16.0. The van der Waals surface area contributed by atoms with Crippen LogP contribution in [0.2, 0.25) is 0 Å². The number of carbonyl (C=O) groups is 1. The molecule has 2 aromatic carbocycles. The number of pyridine rings is 1. The number of hydrogen-bond donors (Lipinski definition) is 0. The van der Waals surface area contributed by atoms with Gasteiger partial charge in [-0.2, -0.15) is 0 Å². The van der Waals surface area contributed by atoms with Crippen LogP contribution >= 0.6 is 15.9 Å². The number of carboxylic acid groups (broad SMARTS) is 1. The molecule has 0 saturated heterocycles. The van der Waals surface area contributed by atoms with Gasteiger partial charge in [0.15, 0.2) is 11.5 Å². The fourth-order valence-corrected chi connectivity index (χ4v) is 2.93. The number of fused-ring (bicyclic) bond motifs is 2. The van der Waals surface area contributed by atoms with Gasteiger partial charge in [0.2, 0.25) is 6.79 Å². The Kier molecular flexibility index (Phi) is 5.29. The van der Waals surface area contributed by atoms with E-state index in [-0.39, 0.29) is 63.7 Å². The smallest absolute Gasteiger partial charge is 0.545 e. The SMILES string of the molecule is O=C([O-])c1cc(-c2ccc3c(c2)OCO3)nc2ccc(Br)cc12.[K+]. The van der Waals surface area contributed by atoms with Crippen LogP contribution in [-0.4, -0.2) is 17.7 Å². The van der Waals surface area contributed by atoms with Gasteiger partial charge in [0.25, 0.3) is 0 Å². The Morgan fingerprint density at radius 1 is 1.08 bits per heavy atom. The summed E-state index contributed by atoms with van der Waals surface area (Å²) >= 11 is 3.34. The molecule has 0 bridgehead atoms. The van der Waals surface area contributed by atoms with Crippen LogP contribution < -0.4 is 66.0 Å². The minimum atomic E-state index is -1.24. The molecule has 2 heterocycles. The quantitative estimate of drug-likeness (QED) is 0.546. The average molecular weight is 410 g/mol. The summed E-state index contributed by atoms with van der Waals surface area (Å²) in [6.07, 6.45) is 0. The van der Waals surface area contributed by atoms with Crippen molar-refractivity contribution >= 4 is 32.8 Å². The second kappa shape index (κ2) is 7.11. The van der Waals surface area contributed by atoms with Gasteiger partial charge in [-0.1, -0.05) is 15.9 Å². The molecule has 3 aromatic rings. The molecule has 7 heteroatoms. The second-order valence-electron chi connectivity index (χ2n) is 5.07. The molecule has 24 heavy (non-hydrogen) atoms. The third-order valence-corrected chi connectivity index (χ3v) is 4.15. The molecule has 5 nitrogen and oxygen atoms in total. The summed E-state index contributed by atoms with van der Waals surface area (Å²) < 4.78 is 11.4. The van der Waals surface area contributed by atoms with Crippen molar-refractivity contribution in [2.45, 2.75) is 0 Å².